The largest absolute Gasteiger partial charge is 0.353 e. The molecule has 6 heteroatoms. The molecule has 0 atom stereocenters. The van der Waals surface area contributed by atoms with E-state index in [-0.39, 0.29) is 11.3 Å². The number of nitrogens with zero attached hydrogens (tertiary/aromatic N) is 2. The summed E-state index contributed by atoms with van der Waals surface area (Å²) in [5.74, 6) is -1.81. The summed E-state index contributed by atoms with van der Waals surface area (Å²) in [6.07, 6.45) is 3.52. The molecule has 1 aromatic heterocycles. The van der Waals surface area contributed by atoms with Crippen LogP contribution in [-0.2, 0) is 7.05 Å². The van der Waals surface area contributed by atoms with Gasteiger partial charge in [-0.25, -0.2) is 8.78 Å². The standard InChI is InChI=1S/C21H18ClF2N3/c1-12-16(11-27(2)26-12)14-9-10-18(20(24)19(14)23)25-21(13-7-8-13)15-5-3-4-6-17(15)22/h3-6,9-11,25H,7-8H2,1-2H3. The van der Waals surface area contributed by atoms with Crippen LogP contribution in [0.4, 0.5) is 14.5 Å². The Labute approximate surface area is 161 Å². The molecule has 1 saturated carbocycles. The summed E-state index contributed by atoms with van der Waals surface area (Å²) in [5.41, 5.74) is 4.20. The van der Waals surface area contributed by atoms with Gasteiger partial charge in [0.05, 0.1) is 11.4 Å². The average Bonchev–Trinajstić information content (AvgIpc) is 3.42. The minimum Gasteiger partial charge on any atom is -0.353 e. The van der Waals surface area contributed by atoms with Crippen LogP contribution in [0.5, 0.6) is 0 Å². The van der Waals surface area contributed by atoms with Gasteiger partial charge >= 0.3 is 0 Å². The topological polar surface area (TPSA) is 29.9 Å². The van der Waals surface area contributed by atoms with Crippen LogP contribution < -0.4 is 5.32 Å². The van der Waals surface area contributed by atoms with Crippen molar-refractivity contribution < 1.29 is 8.78 Å². The first-order valence-corrected chi connectivity index (χ1v) is 9.06. The molecule has 0 amide bonds. The van der Waals surface area contributed by atoms with E-state index >= 15 is 0 Å². The van der Waals surface area contributed by atoms with E-state index in [1.807, 2.05) is 18.2 Å². The normalized spacial score (nSPS) is 13.0. The first-order chi connectivity index (χ1) is 13.0. The molecule has 27 heavy (non-hydrogen) atoms. The van der Waals surface area contributed by atoms with Crippen molar-refractivity contribution in [1.82, 2.24) is 9.78 Å². The first kappa shape index (κ1) is 17.7. The fraction of sp³-hybridized carbons (Fsp3) is 0.190. The Bertz CT molecular complexity index is 1060. The quantitative estimate of drug-likeness (QED) is 0.602. The number of rotatable bonds is 4. The van der Waals surface area contributed by atoms with Crippen molar-refractivity contribution in [3.8, 4) is 11.1 Å². The fourth-order valence-corrected chi connectivity index (χ4v) is 3.41. The van der Waals surface area contributed by atoms with E-state index in [9.17, 15) is 8.78 Å². The van der Waals surface area contributed by atoms with Crippen molar-refractivity contribution in [3.63, 3.8) is 0 Å². The van der Waals surface area contributed by atoms with E-state index in [1.54, 1.807) is 43.0 Å². The Morgan fingerprint density at radius 3 is 2.44 bits per heavy atom. The minimum atomic E-state index is -0.915. The lowest BCUT2D eigenvalue weighted by Crippen LogP contribution is -2.04. The molecule has 0 unspecified atom stereocenters. The van der Waals surface area contributed by atoms with Crippen LogP contribution in [0, 0.1) is 18.6 Å². The van der Waals surface area contributed by atoms with E-state index in [0.717, 1.165) is 29.7 Å². The predicted molar refractivity (Wildman–Crippen MR) is 105 cm³/mol. The fourth-order valence-electron chi connectivity index (χ4n) is 3.18. The van der Waals surface area contributed by atoms with E-state index < -0.39 is 11.6 Å². The number of allylic oxidation sites excluding steroid dienone is 1. The van der Waals surface area contributed by atoms with Crippen LogP contribution in [0.3, 0.4) is 0 Å². The second-order valence-corrected chi connectivity index (χ2v) is 7.08. The lowest BCUT2D eigenvalue weighted by Gasteiger charge is -2.15. The van der Waals surface area contributed by atoms with Crippen molar-refractivity contribution in [2.45, 2.75) is 19.8 Å². The van der Waals surface area contributed by atoms with Gasteiger partial charge in [-0.05, 0) is 43.5 Å². The van der Waals surface area contributed by atoms with Gasteiger partial charge in [0.1, 0.15) is 0 Å². The number of hydrogen-bond acceptors (Lipinski definition) is 2. The summed E-state index contributed by atoms with van der Waals surface area (Å²) >= 11 is 6.30. The summed E-state index contributed by atoms with van der Waals surface area (Å²) in [4.78, 5) is 0. The monoisotopic (exact) mass is 385 g/mol. The van der Waals surface area contributed by atoms with Gasteiger partial charge in [-0.1, -0.05) is 29.8 Å². The summed E-state index contributed by atoms with van der Waals surface area (Å²) in [7, 11) is 1.75. The summed E-state index contributed by atoms with van der Waals surface area (Å²) in [6, 6.07) is 10.5. The Morgan fingerprint density at radius 1 is 1.07 bits per heavy atom. The second-order valence-electron chi connectivity index (χ2n) is 6.67. The third kappa shape index (κ3) is 3.35. The molecule has 0 aliphatic heterocycles. The zero-order valence-corrected chi connectivity index (χ0v) is 15.7. The molecule has 0 radical (unpaired) electrons. The van der Waals surface area contributed by atoms with Crippen molar-refractivity contribution >= 4 is 23.0 Å². The summed E-state index contributed by atoms with van der Waals surface area (Å²) < 4.78 is 31.2. The molecule has 1 N–H and O–H groups in total. The summed E-state index contributed by atoms with van der Waals surface area (Å²) in [5, 5.41) is 7.84. The second kappa shape index (κ2) is 6.82. The van der Waals surface area contributed by atoms with Gasteiger partial charge in [0, 0.05) is 40.7 Å². The molecule has 0 saturated heterocycles. The number of nitrogens with one attached hydrogen (secondary N) is 1. The van der Waals surface area contributed by atoms with Gasteiger partial charge in [0.2, 0.25) is 0 Å². The van der Waals surface area contributed by atoms with Gasteiger partial charge < -0.3 is 5.32 Å². The molecule has 0 bridgehead atoms. The highest BCUT2D eigenvalue weighted by Crippen LogP contribution is 2.40. The van der Waals surface area contributed by atoms with Gasteiger partial charge in [-0.2, -0.15) is 5.10 Å². The molecule has 0 spiro atoms. The highest BCUT2D eigenvalue weighted by molar-refractivity contribution is 6.32. The van der Waals surface area contributed by atoms with Crippen molar-refractivity contribution in [1.29, 1.82) is 0 Å². The van der Waals surface area contributed by atoms with Crippen LogP contribution in [0.15, 0.2) is 48.2 Å². The molecular weight excluding hydrogens is 368 g/mol. The molecule has 1 heterocycles. The molecule has 2 aromatic carbocycles. The number of anilines is 1. The molecule has 3 aromatic rings. The molecule has 1 aliphatic rings. The molecular formula is C21H18ClF2N3. The van der Waals surface area contributed by atoms with E-state index in [4.69, 9.17) is 11.6 Å². The Hall–Kier alpha value is -2.66. The number of hydrogen-bond donors (Lipinski definition) is 1. The van der Waals surface area contributed by atoms with Crippen molar-refractivity contribution in [2.24, 2.45) is 7.05 Å². The molecule has 1 fully saturated rings. The van der Waals surface area contributed by atoms with Crippen LogP contribution in [-0.4, -0.2) is 9.78 Å². The van der Waals surface area contributed by atoms with Gasteiger partial charge in [-0.15, -0.1) is 0 Å². The van der Waals surface area contributed by atoms with Crippen LogP contribution in [0.25, 0.3) is 16.8 Å². The van der Waals surface area contributed by atoms with E-state index in [0.29, 0.717) is 16.3 Å². The number of benzene rings is 2. The third-order valence-corrected chi connectivity index (χ3v) is 4.97. The zero-order chi connectivity index (χ0) is 19.1. The predicted octanol–water partition coefficient (Wildman–Crippen LogP) is 5.94. The van der Waals surface area contributed by atoms with Crippen LogP contribution in [0.1, 0.15) is 24.1 Å². The number of aromatic nitrogens is 2. The smallest absolute Gasteiger partial charge is 0.182 e. The highest BCUT2D eigenvalue weighted by Gasteiger charge is 2.23. The molecule has 1 aliphatic carbocycles. The van der Waals surface area contributed by atoms with E-state index in [2.05, 4.69) is 10.4 Å². The average molecular weight is 386 g/mol. The van der Waals surface area contributed by atoms with Gasteiger partial charge in [-0.3, -0.25) is 4.68 Å². The molecule has 3 nitrogen and oxygen atoms in total. The maximum Gasteiger partial charge on any atom is 0.182 e. The Balaban J connectivity index is 1.73. The lowest BCUT2D eigenvalue weighted by molar-refractivity contribution is 0.514. The maximum absolute atomic E-state index is 14.8. The van der Waals surface area contributed by atoms with Gasteiger partial charge in [0.25, 0.3) is 0 Å². The highest BCUT2D eigenvalue weighted by atomic mass is 35.5. The lowest BCUT2D eigenvalue weighted by atomic mass is 10.0. The zero-order valence-electron chi connectivity index (χ0n) is 15.0. The minimum absolute atomic E-state index is 0.0899. The van der Waals surface area contributed by atoms with Gasteiger partial charge in [0.15, 0.2) is 11.6 Å². The number of aryl methyl sites for hydroxylation is 2. The third-order valence-electron chi connectivity index (χ3n) is 4.64. The van der Waals surface area contributed by atoms with Crippen LogP contribution >= 0.6 is 11.6 Å². The Kier molecular flexibility index (Phi) is 4.48. The van der Waals surface area contributed by atoms with Crippen molar-refractivity contribution in [3.05, 3.63) is 76.1 Å². The number of halogens is 3. The van der Waals surface area contributed by atoms with E-state index in [1.165, 1.54) is 0 Å². The first-order valence-electron chi connectivity index (χ1n) is 8.68. The van der Waals surface area contributed by atoms with Crippen molar-refractivity contribution in [2.75, 3.05) is 5.32 Å². The summed E-state index contributed by atoms with van der Waals surface area (Å²) in [6.45, 7) is 1.77. The Morgan fingerprint density at radius 2 is 1.81 bits per heavy atom. The SMILES string of the molecule is Cc1nn(C)cc1-c1ccc(NC(=C2CC2)c2ccccc2Cl)c(F)c1F. The molecule has 4 rings (SSSR count). The molecule has 138 valence electrons. The maximum atomic E-state index is 14.8. The van der Waals surface area contributed by atoms with Crippen LogP contribution in [0.2, 0.25) is 5.02 Å².